The van der Waals surface area contributed by atoms with Crippen LogP contribution in [0.4, 0.5) is 17.1 Å². The Morgan fingerprint density at radius 1 is 1.06 bits per heavy atom. The van der Waals surface area contributed by atoms with E-state index in [2.05, 4.69) is 12.2 Å². The highest BCUT2D eigenvalue weighted by Crippen LogP contribution is 2.33. The Kier molecular flexibility index (Phi) is 6.31. The summed E-state index contributed by atoms with van der Waals surface area (Å²) in [7, 11) is 1.61. The van der Waals surface area contributed by atoms with Crippen LogP contribution in [-0.4, -0.2) is 31.2 Å². The van der Waals surface area contributed by atoms with Crippen molar-refractivity contribution in [2.75, 3.05) is 23.9 Å². The maximum atomic E-state index is 13.2. The van der Waals surface area contributed by atoms with E-state index in [-0.39, 0.29) is 24.8 Å². The van der Waals surface area contributed by atoms with E-state index in [1.54, 1.807) is 7.11 Å². The number of anilines is 2. The highest BCUT2D eigenvalue weighted by molar-refractivity contribution is 6.19. The van der Waals surface area contributed by atoms with Crippen LogP contribution in [0, 0.1) is 0 Å². The largest absolute Gasteiger partial charge is 0.497 e. The summed E-state index contributed by atoms with van der Waals surface area (Å²) in [6.45, 7) is 1.98. The summed E-state index contributed by atoms with van der Waals surface area (Å²) in [6, 6.07) is 22.6. The molecule has 0 unspecified atom stereocenters. The van der Waals surface area contributed by atoms with Gasteiger partial charge in [-0.2, -0.15) is 0 Å². The standard InChI is InChI=1S/C26H25N3O3/c1-3-18-7-6-8-20(15-18)27-25(30)17-29-24-10-5-4-9-22(24)28-23(16-26(29)31)19-11-13-21(32-2)14-12-19/h4-15H,3,16-17H2,1-2H3,(H,27,30). The zero-order valence-corrected chi connectivity index (χ0v) is 18.2. The number of aryl methyl sites for hydroxylation is 1. The summed E-state index contributed by atoms with van der Waals surface area (Å²) >= 11 is 0. The number of carbonyl (C=O) groups excluding carboxylic acids is 2. The van der Waals surface area contributed by atoms with Crippen molar-refractivity contribution in [3.8, 4) is 5.75 Å². The van der Waals surface area contributed by atoms with E-state index in [0.717, 1.165) is 29.0 Å². The number of carbonyl (C=O) groups is 2. The van der Waals surface area contributed by atoms with Gasteiger partial charge in [0.1, 0.15) is 12.3 Å². The lowest BCUT2D eigenvalue weighted by Gasteiger charge is -2.22. The number of fused-ring (bicyclic) bond motifs is 1. The van der Waals surface area contributed by atoms with Gasteiger partial charge in [0.05, 0.1) is 30.6 Å². The SMILES string of the molecule is CCc1cccc(NC(=O)CN2C(=O)CC(c3ccc(OC)cc3)=Nc3ccccc32)c1. The van der Waals surface area contributed by atoms with Crippen LogP contribution in [-0.2, 0) is 16.0 Å². The van der Waals surface area contributed by atoms with Crippen molar-refractivity contribution in [1.82, 2.24) is 0 Å². The van der Waals surface area contributed by atoms with Crippen LogP contribution in [0.5, 0.6) is 5.75 Å². The third-order valence-electron chi connectivity index (χ3n) is 5.39. The molecule has 162 valence electrons. The topological polar surface area (TPSA) is 71.0 Å². The molecule has 0 aliphatic carbocycles. The van der Waals surface area contributed by atoms with Gasteiger partial charge < -0.3 is 15.0 Å². The fourth-order valence-corrected chi connectivity index (χ4v) is 3.68. The minimum absolute atomic E-state index is 0.0857. The second-order valence-electron chi connectivity index (χ2n) is 7.53. The van der Waals surface area contributed by atoms with Crippen molar-refractivity contribution in [3.63, 3.8) is 0 Å². The van der Waals surface area contributed by atoms with Gasteiger partial charge in [-0.15, -0.1) is 0 Å². The molecule has 0 bridgehead atoms. The lowest BCUT2D eigenvalue weighted by molar-refractivity contribution is -0.120. The number of para-hydroxylation sites is 2. The smallest absolute Gasteiger partial charge is 0.244 e. The summed E-state index contributed by atoms with van der Waals surface area (Å²) < 4.78 is 5.22. The van der Waals surface area contributed by atoms with E-state index in [1.165, 1.54) is 4.90 Å². The Hall–Kier alpha value is -3.93. The van der Waals surface area contributed by atoms with E-state index in [0.29, 0.717) is 17.1 Å². The minimum Gasteiger partial charge on any atom is -0.497 e. The summed E-state index contributed by atoms with van der Waals surface area (Å²) in [6.07, 6.45) is 0.979. The molecule has 32 heavy (non-hydrogen) atoms. The van der Waals surface area contributed by atoms with Gasteiger partial charge in [-0.3, -0.25) is 14.6 Å². The van der Waals surface area contributed by atoms with Gasteiger partial charge in [0.2, 0.25) is 11.8 Å². The van der Waals surface area contributed by atoms with Gasteiger partial charge in [0.25, 0.3) is 0 Å². The average Bonchev–Trinajstić information content (AvgIpc) is 2.95. The highest BCUT2D eigenvalue weighted by Gasteiger charge is 2.26. The van der Waals surface area contributed by atoms with Crippen molar-refractivity contribution < 1.29 is 14.3 Å². The first-order valence-electron chi connectivity index (χ1n) is 10.6. The van der Waals surface area contributed by atoms with Crippen LogP contribution in [0.3, 0.4) is 0 Å². The van der Waals surface area contributed by atoms with E-state index in [1.807, 2.05) is 72.8 Å². The zero-order chi connectivity index (χ0) is 22.5. The number of hydrogen-bond acceptors (Lipinski definition) is 4. The monoisotopic (exact) mass is 427 g/mol. The number of rotatable bonds is 6. The molecule has 1 aliphatic rings. The van der Waals surface area contributed by atoms with Crippen LogP contribution < -0.4 is 15.0 Å². The van der Waals surface area contributed by atoms with E-state index >= 15 is 0 Å². The maximum Gasteiger partial charge on any atom is 0.244 e. The molecule has 0 saturated carbocycles. The van der Waals surface area contributed by atoms with Crippen molar-refractivity contribution in [1.29, 1.82) is 0 Å². The molecule has 6 nitrogen and oxygen atoms in total. The molecule has 0 spiro atoms. The van der Waals surface area contributed by atoms with Gasteiger partial charge in [0.15, 0.2) is 0 Å². The molecular weight excluding hydrogens is 402 g/mol. The molecule has 0 fully saturated rings. The predicted octanol–water partition coefficient (Wildman–Crippen LogP) is 4.75. The Balaban J connectivity index is 1.58. The molecule has 0 aromatic heterocycles. The van der Waals surface area contributed by atoms with Gasteiger partial charge in [-0.1, -0.05) is 31.2 Å². The first kappa shape index (κ1) is 21.3. The molecule has 0 radical (unpaired) electrons. The van der Waals surface area contributed by atoms with Gasteiger partial charge >= 0.3 is 0 Å². The third-order valence-corrected chi connectivity index (χ3v) is 5.39. The minimum atomic E-state index is -0.255. The van der Waals surface area contributed by atoms with Crippen molar-refractivity contribution >= 4 is 34.6 Å². The number of hydrogen-bond donors (Lipinski definition) is 1. The van der Waals surface area contributed by atoms with E-state index in [4.69, 9.17) is 9.73 Å². The second-order valence-corrected chi connectivity index (χ2v) is 7.53. The van der Waals surface area contributed by atoms with Crippen LogP contribution in [0.15, 0.2) is 77.8 Å². The molecule has 3 aromatic carbocycles. The summed E-state index contributed by atoms with van der Waals surface area (Å²) in [5.74, 6) is 0.302. The highest BCUT2D eigenvalue weighted by atomic mass is 16.5. The number of aliphatic imine (C=N–C) groups is 1. The first-order chi connectivity index (χ1) is 15.6. The quantitative estimate of drug-likeness (QED) is 0.617. The molecule has 3 aromatic rings. The summed E-state index contributed by atoms with van der Waals surface area (Å²) in [4.78, 5) is 32.3. The fraction of sp³-hybridized carbons (Fsp3) is 0.192. The molecular formula is C26H25N3O3. The molecule has 6 heteroatoms. The van der Waals surface area contributed by atoms with Gasteiger partial charge in [-0.05, 0) is 66.1 Å². The molecule has 4 rings (SSSR count). The number of methoxy groups -OCH3 is 1. The van der Waals surface area contributed by atoms with E-state index in [9.17, 15) is 9.59 Å². The Morgan fingerprint density at radius 3 is 2.59 bits per heavy atom. The zero-order valence-electron chi connectivity index (χ0n) is 18.2. The molecule has 0 saturated heterocycles. The number of amides is 2. The Bertz CT molecular complexity index is 1170. The van der Waals surface area contributed by atoms with Gasteiger partial charge in [0, 0.05) is 5.69 Å². The van der Waals surface area contributed by atoms with Crippen molar-refractivity contribution in [3.05, 3.63) is 83.9 Å². The van der Waals surface area contributed by atoms with Gasteiger partial charge in [-0.25, -0.2) is 0 Å². The lowest BCUT2D eigenvalue weighted by Crippen LogP contribution is -2.38. The van der Waals surface area contributed by atoms with Crippen molar-refractivity contribution in [2.45, 2.75) is 19.8 Å². The van der Waals surface area contributed by atoms with Crippen molar-refractivity contribution in [2.24, 2.45) is 4.99 Å². The summed E-state index contributed by atoms with van der Waals surface area (Å²) in [5.41, 5.74) is 4.64. The molecule has 1 aliphatic heterocycles. The maximum absolute atomic E-state index is 13.2. The Labute approximate surface area is 187 Å². The second kappa shape index (κ2) is 9.47. The van der Waals surface area contributed by atoms with Crippen LogP contribution >= 0.6 is 0 Å². The number of nitrogens with zero attached hydrogens (tertiary/aromatic N) is 2. The number of nitrogens with one attached hydrogen (secondary N) is 1. The number of benzene rings is 3. The molecule has 1 N–H and O–H groups in total. The fourth-order valence-electron chi connectivity index (χ4n) is 3.68. The predicted molar refractivity (Wildman–Crippen MR) is 127 cm³/mol. The normalized spacial score (nSPS) is 13.1. The lowest BCUT2D eigenvalue weighted by atomic mass is 10.1. The van der Waals surface area contributed by atoms with Crippen LogP contribution in [0.2, 0.25) is 0 Å². The molecule has 0 atom stereocenters. The Morgan fingerprint density at radius 2 is 1.84 bits per heavy atom. The molecule has 2 amide bonds. The third kappa shape index (κ3) is 4.70. The average molecular weight is 428 g/mol. The first-order valence-corrected chi connectivity index (χ1v) is 10.6. The van der Waals surface area contributed by atoms with E-state index < -0.39 is 0 Å². The van der Waals surface area contributed by atoms with Crippen LogP contribution in [0.1, 0.15) is 24.5 Å². The van der Waals surface area contributed by atoms with Crippen LogP contribution in [0.25, 0.3) is 0 Å². The summed E-state index contributed by atoms with van der Waals surface area (Å²) in [5, 5.41) is 2.91. The molecule has 1 heterocycles. The number of ether oxygens (including phenoxy) is 1.